The van der Waals surface area contributed by atoms with Crippen molar-refractivity contribution in [2.75, 3.05) is 13.2 Å². The van der Waals surface area contributed by atoms with E-state index in [1.54, 1.807) is 0 Å². The number of aliphatic hydroxyl groups excluding tert-OH is 1. The average molecular weight is 315 g/mol. The Kier molecular flexibility index (Phi) is 4.69. The van der Waals surface area contributed by atoms with Gasteiger partial charge in [-0.15, -0.1) is 0 Å². The molecule has 3 N–H and O–H groups in total. The van der Waals surface area contributed by atoms with Crippen LogP contribution in [0.5, 0.6) is 0 Å². The molecule has 2 heterocycles. The van der Waals surface area contributed by atoms with E-state index in [4.69, 9.17) is 18.0 Å². The molecule has 0 aliphatic carbocycles. The number of nitrogens with two attached hydrogens (primary N) is 1. The van der Waals surface area contributed by atoms with Gasteiger partial charge in [-0.1, -0.05) is 18.6 Å². The van der Waals surface area contributed by atoms with Gasteiger partial charge in [-0.3, -0.25) is 4.98 Å². The molecule has 0 saturated carbocycles. The Morgan fingerprint density at radius 1 is 1.55 bits per heavy atom. The average Bonchev–Trinajstić information content (AvgIpc) is 2.47. The van der Waals surface area contributed by atoms with Gasteiger partial charge in [-0.25, -0.2) is 8.42 Å². The van der Waals surface area contributed by atoms with E-state index in [9.17, 15) is 13.5 Å². The molecular formula is C12H17N3O3S2. The maximum absolute atomic E-state index is 12.7. The van der Waals surface area contributed by atoms with Gasteiger partial charge in [0.1, 0.15) is 15.6 Å². The van der Waals surface area contributed by atoms with E-state index in [0.717, 1.165) is 12.8 Å². The SMILES string of the molecule is NC(=S)c1ncccc1S(=O)(=O)N1CCCCC1CO. The number of thiocarbonyl (C=S) groups is 1. The quantitative estimate of drug-likeness (QED) is 0.773. The van der Waals surface area contributed by atoms with Crippen LogP contribution in [0.3, 0.4) is 0 Å². The maximum Gasteiger partial charge on any atom is 0.245 e. The lowest BCUT2D eigenvalue weighted by Crippen LogP contribution is -2.46. The minimum Gasteiger partial charge on any atom is -0.395 e. The van der Waals surface area contributed by atoms with Gasteiger partial charge in [0.2, 0.25) is 10.0 Å². The summed E-state index contributed by atoms with van der Waals surface area (Å²) in [6, 6.07) is 2.58. The predicted molar refractivity (Wildman–Crippen MR) is 78.7 cm³/mol. The molecule has 1 atom stereocenters. The van der Waals surface area contributed by atoms with Crippen LogP contribution < -0.4 is 5.73 Å². The van der Waals surface area contributed by atoms with Crippen LogP contribution in [0.2, 0.25) is 0 Å². The van der Waals surface area contributed by atoms with Crippen LogP contribution in [-0.2, 0) is 10.0 Å². The zero-order valence-electron chi connectivity index (χ0n) is 10.9. The first kappa shape index (κ1) is 15.3. The van der Waals surface area contributed by atoms with Crippen molar-refractivity contribution < 1.29 is 13.5 Å². The largest absolute Gasteiger partial charge is 0.395 e. The molecule has 110 valence electrons. The number of sulfonamides is 1. The summed E-state index contributed by atoms with van der Waals surface area (Å²) in [5, 5.41) is 9.38. The van der Waals surface area contributed by atoms with Gasteiger partial charge >= 0.3 is 0 Å². The molecule has 0 radical (unpaired) electrons. The van der Waals surface area contributed by atoms with Crippen LogP contribution in [0.4, 0.5) is 0 Å². The monoisotopic (exact) mass is 315 g/mol. The number of pyridine rings is 1. The van der Waals surface area contributed by atoms with Gasteiger partial charge in [0.25, 0.3) is 0 Å². The molecule has 0 aromatic carbocycles. The second-order valence-electron chi connectivity index (χ2n) is 4.66. The van der Waals surface area contributed by atoms with Crippen LogP contribution in [0.15, 0.2) is 23.2 Å². The second kappa shape index (κ2) is 6.13. The van der Waals surface area contributed by atoms with E-state index in [-0.39, 0.29) is 22.2 Å². The minimum absolute atomic E-state index is 0.00727. The van der Waals surface area contributed by atoms with Crippen LogP contribution in [-0.4, -0.2) is 47.0 Å². The van der Waals surface area contributed by atoms with Crippen molar-refractivity contribution in [1.29, 1.82) is 0 Å². The number of aliphatic hydroxyl groups is 1. The summed E-state index contributed by atoms with van der Waals surface area (Å²) in [7, 11) is -3.76. The van der Waals surface area contributed by atoms with Crippen molar-refractivity contribution in [1.82, 2.24) is 9.29 Å². The van der Waals surface area contributed by atoms with Crippen LogP contribution in [0.25, 0.3) is 0 Å². The van der Waals surface area contributed by atoms with E-state index >= 15 is 0 Å². The first-order valence-electron chi connectivity index (χ1n) is 6.36. The molecule has 1 aromatic rings. The van der Waals surface area contributed by atoms with Gasteiger partial charge in [0, 0.05) is 18.8 Å². The van der Waals surface area contributed by atoms with Gasteiger partial charge < -0.3 is 10.8 Å². The third-order valence-corrected chi connectivity index (χ3v) is 5.55. The fraction of sp³-hybridized carbons (Fsp3) is 0.500. The van der Waals surface area contributed by atoms with Crippen molar-refractivity contribution in [2.24, 2.45) is 5.73 Å². The summed E-state index contributed by atoms with van der Waals surface area (Å²) in [5.41, 5.74) is 5.65. The molecule has 0 spiro atoms. The molecular weight excluding hydrogens is 298 g/mol. The molecule has 2 rings (SSSR count). The number of nitrogens with zero attached hydrogens (tertiary/aromatic N) is 2. The molecule has 0 amide bonds. The topological polar surface area (TPSA) is 96.5 Å². The summed E-state index contributed by atoms with van der Waals surface area (Å²) in [6.45, 7) is 0.196. The first-order chi connectivity index (χ1) is 9.48. The van der Waals surface area contributed by atoms with E-state index in [0.29, 0.717) is 13.0 Å². The maximum atomic E-state index is 12.7. The molecule has 1 aliphatic heterocycles. The van der Waals surface area contributed by atoms with Crippen molar-refractivity contribution in [3.05, 3.63) is 24.0 Å². The fourth-order valence-corrected chi connectivity index (χ4v) is 4.45. The summed E-state index contributed by atoms with van der Waals surface area (Å²) >= 11 is 4.86. The van der Waals surface area contributed by atoms with Gasteiger partial charge in [0.15, 0.2) is 0 Å². The highest BCUT2D eigenvalue weighted by atomic mass is 32.2. The Labute approximate surface area is 123 Å². The first-order valence-corrected chi connectivity index (χ1v) is 8.21. The van der Waals surface area contributed by atoms with Gasteiger partial charge in [0.05, 0.1) is 6.61 Å². The number of rotatable bonds is 4. The van der Waals surface area contributed by atoms with Crippen molar-refractivity contribution in [3.63, 3.8) is 0 Å². The number of aromatic nitrogens is 1. The fourth-order valence-electron chi connectivity index (χ4n) is 2.38. The molecule has 0 bridgehead atoms. The standard InChI is InChI=1S/C12H17N3O3S2/c13-12(19)11-10(5-3-6-14-11)20(17,18)15-7-2-1-4-9(15)8-16/h3,5-6,9,16H,1-2,4,7-8H2,(H2,13,19). The lowest BCUT2D eigenvalue weighted by atomic mass is 10.1. The molecule has 1 unspecified atom stereocenters. The van der Waals surface area contributed by atoms with Crippen molar-refractivity contribution in [3.8, 4) is 0 Å². The lowest BCUT2D eigenvalue weighted by Gasteiger charge is -2.33. The molecule has 1 aliphatic rings. The highest BCUT2D eigenvalue weighted by Crippen LogP contribution is 2.26. The highest BCUT2D eigenvalue weighted by molar-refractivity contribution is 7.89. The normalized spacial score (nSPS) is 20.8. The minimum atomic E-state index is -3.76. The zero-order chi connectivity index (χ0) is 14.8. The smallest absolute Gasteiger partial charge is 0.245 e. The third kappa shape index (κ3) is 2.83. The predicted octanol–water partition coefficient (Wildman–Crippen LogP) is 0.251. The van der Waals surface area contributed by atoms with Gasteiger partial charge in [-0.2, -0.15) is 4.31 Å². The van der Waals surface area contributed by atoms with E-state index < -0.39 is 16.1 Å². The number of hydrogen-bond acceptors (Lipinski definition) is 5. The van der Waals surface area contributed by atoms with Crippen LogP contribution in [0, 0.1) is 0 Å². The number of hydrogen-bond donors (Lipinski definition) is 2. The Bertz CT molecular complexity index is 604. The van der Waals surface area contributed by atoms with Crippen molar-refractivity contribution >= 4 is 27.2 Å². The molecule has 8 heteroatoms. The van der Waals surface area contributed by atoms with Crippen LogP contribution >= 0.6 is 12.2 Å². The van der Waals surface area contributed by atoms with E-state index in [1.165, 1.54) is 22.6 Å². The lowest BCUT2D eigenvalue weighted by molar-refractivity contribution is 0.155. The van der Waals surface area contributed by atoms with Crippen LogP contribution in [0.1, 0.15) is 25.0 Å². The van der Waals surface area contributed by atoms with Crippen molar-refractivity contribution in [2.45, 2.75) is 30.2 Å². The summed E-state index contributed by atoms with van der Waals surface area (Å²) in [4.78, 5) is 3.91. The Hall–Kier alpha value is -1.09. The Balaban J connectivity index is 2.47. The Morgan fingerprint density at radius 3 is 2.95 bits per heavy atom. The van der Waals surface area contributed by atoms with Gasteiger partial charge in [-0.05, 0) is 25.0 Å². The second-order valence-corrected chi connectivity index (χ2v) is 6.96. The summed E-state index contributed by atoms with van der Waals surface area (Å²) < 4.78 is 26.8. The van der Waals surface area contributed by atoms with E-state index in [1.807, 2.05) is 0 Å². The number of piperidine rings is 1. The Morgan fingerprint density at radius 2 is 2.30 bits per heavy atom. The highest BCUT2D eigenvalue weighted by Gasteiger charge is 2.35. The third-order valence-electron chi connectivity index (χ3n) is 3.37. The molecule has 6 nitrogen and oxygen atoms in total. The molecule has 1 fully saturated rings. The molecule has 20 heavy (non-hydrogen) atoms. The zero-order valence-corrected chi connectivity index (χ0v) is 12.5. The van der Waals surface area contributed by atoms with E-state index in [2.05, 4.69) is 4.98 Å². The summed E-state index contributed by atoms with van der Waals surface area (Å²) in [5.74, 6) is 0. The molecule has 1 aromatic heterocycles. The molecule has 1 saturated heterocycles. The summed E-state index contributed by atoms with van der Waals surface area (Å²) in [6.07, 6.45) is 3.79.